The lowest BCUT2D eigenvalue weighted by atomic mass is 9.91. The molecule has 252 valence electrons. The van der Waals surface area contributed by atoms with Gasteiger partial charge in [0, 0.05) is 42.3 Å². The lowest BCUT2D eigenvalue weighted by molar-refractivity contribution is -0.193. The zero-order valence-electron chi connectivity index (χ0n) is 24.4. The summed E-state index contributed by atoms with van der Waals surface area (Å²) >= 11 is 5.97. The summed E-state index contributed by atoms with van der Waals surface area (Å²) in [6.07, 6.45) is -6.17. The van der Waals surface area contributed by atoms with Gasteiger partial charge in [0.05, 0.1) is 12.1 Å². The number of benzene rings is 2. The van der Waals surface area contributed by atoms with Crippen molar-refractivity contribution in [2.45, 2.75) is 50.1 Å². The highest BCUT2D eigenvalue weighted by atomic mass is 35.5. The molecule has 2 aromatic carbocycles. The van der Waals surface area contributed by atoms with Crippen molar-refractivity contribution in [1.82, 2.24) is 15.3 Å². The zero-order valence-corrected chi connectivity index (χ0v) is 25.2. The molecule has 18 heteroatoms. The average molecular weight is 681 g/mol. The first-order valence-electron chi connectivity index (χ1n) is 13.5. The third-order valence-electron chi connectivity index (χ3n) is 6.21. The predicted octanol–water partition coefficient (Wildman–Crippen LogP) is 5.57. The number of carboxylic acid groups (broad SMARTS) is 2. The van der Waals surface area contributed by atoms with E-state index < -0.39 is 24.3 Å². The van der Waals surface area contributed by atoms with E-state index in [4.69, 9.17) is 41.4 Å². The Kier molecular flexibility index (Phi) is 13.8. The van der Waals surface area contributed by atoms with Crippen LogP contribution in [0, 0.1) is 0 Å². The summed E-state index contributed by atoms with van der Waals surface area (Å²) in [5.41, 5.74) is 1.65. The number of fused-ring (bicyclic) bond motifs is 1. The van der Waals surface area contributed by atoms with Gasteiger partial charge in [0.15, 0.2) is 0 Å². The van der Waals surface area contributed by atoms with E-state index in [0.717, 1.165) is 42.4 Å². The lowest BCUT2D eigenvalue weighted by Crippen LogP contribution is -2.40. The van der Waals surface area contributed by atoms with Crippen LogP contribution in [0.25, 0.3) is 10.9 Å². The molecule has 1 aromatic heterocycles. The second-order valence-corrected chi connectivity index (χ2v) is 10.5. The summed E-state index contributed by atoms with van der Waals surface area (Å²) in [5, 5.41) is 25.7. The molecule has 1 aliphatic carbocycles. The van der Waals surface area contributed by atoms with Crippen LogP contribution in [-0.4, -0.2) is 83.1 Å². The number of hydrogen-bond acceptors (Lipinski definition) is 8. The van der Waals surface area contributed by atoms with E-state index in [1.54, 1.807) is 12.1 Å². The molecule has 0 aliphatic heterocycles. The molecule has 5 N–H and O–H groups in total. The van der Waals surface area contributed by atoms with E-state index in [-0.39, 0.29) is 12.5 Å². The summed E-state index contributed by atoms with van der Waals surface area (Å²) in [4.78, 5) is 41.5. The summed E-state index contributed by atoms with van der Waals surface area (Å²) in [6, 6.07) is 15.9. The van der Waals surface area contributed by atoms with Gasteiger partial charge in [0.1, 0.15) is 5.82 Å². The summed E-state index contributed by atoms with van der Waals surface area (Å²) in [7, 11) is 4.00. The van der Waals surface area contributed by atoms with Crippen LogP contribution >= 0.6 is 11.6 Å². The van der Waals surface area contributed by atoms with Crippen molar-refractivity contribution in [3.63, 3.8) is 0 Å². The van der Waals surface area contributed by atoms with Gasteiger partial charge in [-0.2, -0.15) is 31.3 Å². The van der Waals surface area contributed by atoms with Gasteiger partial charge in [-0.3, -0.25) is 4.79 Å². The number of carbonyl (C=O) groups is 3. The molecular formula is C28H31ClF6N6O5. The number of rotatable bonds is 7. The number of nitrogens with one attached hydrogen (secondary N) is 3. The van der Waals surface area contributed by atoms with Crippen LogP contribution in [0.2, 0.25) is 5.02 Å². The number of para-hydroxylation sites is 1. The maximum atomic E-state index is 12.2. The maximum Gasteiger partial charge on any atom is 0.490 e. The van der Waals surface area contributed by atoms with Crippen LogP contribution in [0.1, 0.15) is 25.7 Å². The van der Waals surface area contributed by atoms with Gasteiger partial charge in [0.2, 0.25) is 11.9 Å². The van der Waals surface area contributed by atoms with Crippen molar-refractivity contribution in [3.8, 4) is 0 Å². The minimum absolute atomic E-state index is 0.0618. The van der Waals surface area contributed by atoms with E-state index in [1.165, 1.54) is 0 Å². The largest absolute Gasteiger partial charge is 0.490 e. The Morgan fingerprint density at radius 2 is 1.41 bits per heavy atom. The lowest BCUT2D eigenvalue weighted by Gasteiger charge is -2.30. The fourth-order valence-corrected chi connectivity index (χ4v) is 4.29. The quantitative estimate of drug-likeness (QED) is 0.200. The average Bonchev–Trinajstić information content (AvgIpc) is 2.96. The Balaban J connectivity index is 0.000000440. The summed E-state index contributed by atoms with van der Waals surface area (Å²) < 4.78 is 63.5. The number of alkyl halides is 6. The molecule has 0 spiro atoms. The van der Waals surface area contributed by atoms with Gasteiger partial charge in [-0.1, -0.05) is 29.8 Å². The molecule has 0 radical (unpaired) electrons. The highest BCUT2D eigenvalue weighted by Crippen LogP contribution is 2.26. The van der Waals surface area contributed by atoms with Crippen molar-refractivity contribution >= 4 is 57.8 Å². The molecule has 4 rings (SSSR count). The van der Waals surface area contributed by atoms with Gasteiger partial charge >= 0.3 is 24.3 Å². The van der Waals surface area contributed by atoms with E-state index >= 15 is 0 Å². The van der Waals surface area contributed by atoms with Crippen LogP contribution in [0.5, 0.6) is 0 Å². The molecule has 1 heterocycles. The molecule has 1 amide bonds. The first kappa shape index (κ1) is 37.8. The first-order chi connectivity index (χ1) is 21.4. The molecule has 0 bridgehead atoms. The Morgan fingerprint density at radius 3 is 1.93 bits per heavy atom. The Labute approximate surface area is 264 Å². The third kappa shape index (κ3) is 12.9. The summed E-state index contributed by atoms with van der Waals surface area (Å²) in [5.74, 6) is -3.99. The van der Waals surface area contributed by atoms with Crippen LogP contribution in [0.3, 0.4) is 0 Å². The topological polar surface area (TPSA) is 157 Å². The molecule has 1 saturated carbocycles. The van der Waals surface area contributed by atoms with Crippen molar-refractivity contribution in [2.24, 2.45) is 0 Å². The predicted molar refractivity (Wildman–Crippen MR) is 159 cm³/mol. The van der Waals surface area contributed by atoms with Gasteiger partial charge in [0.25, 0.3) is 0 Å². The minimum atomic E-state index is -5.08. The number of halogens is 7. The van der Waals surface area contributed by atoms with Crippen LogP contribution in [0.4, 0.5) is 43.8 Å². The monoisotopic (exact) mass is 680 g/mol. The number of aliphatic carboxylic acids is 2. The SMILES string of the molecule is CN(C)c1nc(N[C@H]2CC[C@@H](NCC(=O)Nc3cccc(Cl)c3)CC2)nc2ccccc12.O=C(O)C(F)(F)F.O=C(O)C(F)(F)F. The molecular weight excluding hydrogens is 650 g/mol. The molecule has 0 unspecified atom stereocenters. The molecule has 3 aromatic rings. The molecule has 1 aliphatic rings. The van der Waals surface area contributed by atoms with Crippen molar-refractivity contribution in [2.75, 3.05) is 36.2 Å². The molecule has 11 nitrogen and oxygen atoms in total. The number of nitrogens with zero attached hydrogens (tertiary/aromatic N) is 3. The highest BCUT2D eigenvalue weighted by molar-refractivity contribution is 6.30. The van der Waals surface area contributed by atoms with Gasteiger partial charge in [-0.25, -0.2) is 14.6 Å². The molecule has 46 heavy (non-hydrogen) atoms. The first-order valence-corrected chi connectivity index (χ1v) is 13.8. The highest BCUT2D eigenvalue weighted by Gasteiger charge is 2.38. The number of amides is 1. The third-order valence-corrected chi connectivity index (χ3v) is 6.45. The number of hydrogen-bond donors (Lipinski definition) is 5. The van der Waals surface area contributed by atoms with Crippen molar-refractivity contribution in [1.29, 1.82) is 0 Å². The second-order valence-electron chi connectivity index (χ2n) is 10.0. The van der Waals surface area contributed by atoms with Crippen molar-refractivity contribution < 1.29 is 50.9 Å². The standard InChI is InChI=1S/C24H29ClN6O.2C2HF3O2/c1-31(2)23-20-8-3-4-9-21(20)29-24(30-23)28-18-12-10-17(11-13-18)26-15-22(32)27-19-7-5-6-16(25)14-19;2*3-2(4,5)1(6)7/h3-9,14,17-18,26H,10-13,15H2,1-2H3,(H,27,32)(H,28,29,30);2*(H,6,7)/t17-,18+;;. The summed E-state index contributed by atoms with van der Waals surface area (Å²) in [6.45, 7) is 0.287. The number of carbonyl (C=O) groups excluding carboxylic acids is 1. The van der Waals surface area contributed by atoms with Gasteiger partial charge < -0.3 is 31.1 Å². The number of aromatic nitrogens is 2. The Hall–Kier alpha value is -4.38. The smallest absolute Gasteiger partial charge is 0.475 e. The number of carboxylic acids is 2. The molecule has 0 atom stereocenters. The van der Waals surface area contributed by atoms with E-state index in [2.05, 4.69) is 16.0 Å². The maximum absolute atomic E-state index is 12.2. The zero-order chi connectivity index (χ0) is 34.7. The second kappa shape index (κ2) is 16.8. The Bertz CT molecular complexity index is 1460. The van der Waals surface area contributed by atoms with Crippen molar-refractivity contribution in [3.05, 3.63) is 53.6 Å². The molecule has 0 saturated heterocycles. The minimum Gasteiger partial charge on any atom is -0.475 e. The van der Waals surface area contributed by atoms with E-state index in [1.807, 2.05) is 55.4 Å². The molecule has 1 fully saturated rings. The van der Waals surface area contributed by atoms with Crippen LogP contribution < -0.4 is 20.9 Å². The van der Waals surface area contributed by atoms with Gasteiger partial charge in [-0.05, 0) is 56.0 Å². The number of anilines is 3. The Morgan fingerprint density at radius 1 is 0.870 bits per heavy atom. The van der Waals surface area contributed by atoms with Crippen LogP contribution in [0.15, 0.2) is 48.5 Å². The van der Waals surface area contributed by atoms with Gasteiger partial charge in [-0.15, -0.1) is 0 Å². The fraction of sp³-hybridized carbons (Fsp3) is 0.393. The van der Waals surface area contributed by atoms with E-state index in [0.29, 0.717) is 28.7 Å². The fourth-order valence-electron chi connectivity index (χ4n) is 4.10. The van der Waals surface area contributed by atoms with Crippen LogP contribution in [-0.2, 0) is 14.4 Å². The normalized spacial score (nSPS) is 16.2. The van der Waals surface area contributed by atoms with E-state index in [9.17, 15) is 31.1 Å².